The van der Waals surface area contributed by atoms with Crippen LogP contribution in [0.15, 0.2) is 18.2 Å². The van der Waals surface area contributed by atoms with Gasteiger partial charge in [-0.25, -0.2) is 4.79 Å². The fraction of sp³-hybridized carbons (Fsp3) is 0.526. The summed E-state index contributed by atoms with van der Waals surface area (Å²) < 4.78 is 5.37. The molecule has 1 unspecified atom stereocenters. The quantitative estimate of drug-likeness (QED) is 0.854. The smallest absolute Gasteiger partial charge is 0.338 e. The van der Waals surface area contributed by atoms with E-state index in [4.69, 9.17) is 4.74 Å². The molecule has 0 spiro atoms. The zero-order valence-corrected chi connectivity index (χ0v) is 14.7. The summed E-state index contributed by atoms with van der Waals surface area (Å²) in [7, 11) is 0. The van der Waals surface area contributed by atoms with E-state index in [1.54, 1.807) is 30.0 Å². The lowest BCUT2D eigenvalue weighted by Gasteiger charge is -2.31. The van der Waals surface area contributed by atoms with Crippen molar-refractivity contribution in [3.63, 3.8) is 0 Å². The third-order valence-corrected chi connectivity index (χ3v) is 4.96. The van der Waals surface area contributed by atoms with E-state index in [0.29, 0.717) is 24.3 Å². The van der Waals surface area contributed by atoms with E-state index >= 15 is 0 Å². The maximum absolute atomic E-state index is 12.4. The van der Waals surface area contributed by atoms with Crippen LogP contribution < -0.4 is 5.32 Å². The molecule has 134 valence electrons. The minimum absolute atomic E-state index is 0.0158. The Labute approximate surface area is 147 Å². The Morgan fingerprint density at radius 1 is 1.24 bits per heavy atom. The number of ether oxygens (including phenoxy) is 1. The van der Waals surface area contributed by atoms with Crippen LogP contribution in [-0.2, 0) is 20.7 Å². The molecule has 25 heavy (non-hydrogen) atoms. The van der Waals surface area contributed by atoms with Gasteiger partial charge in [-0.2, -0.15) is 0 Å². The molecular weight excluding hydrogens is 320 g/mol. The summed E-state index contributed by atoms with van der Waals surface area (Å²) in [5.41, 5.74) is 2.05. The zero-order valence-electron chi connectivity index (χ0n) is 14.7. The van der Waals surface area contributed by atoms with Crippen molar-refractivity contribution in [3.05, 3.63) is 29.3 Å². The average molecular weight is 344 g/mol. The van der Waals surface area contributed by atoms with E-state index in [0.717, 1.165) is 37.2 Å². The minimum atomic E-state index is -0.795. The monoisotopic (exact) mass is 344 g/mol. The third kappa shape index (κ3) is 4.00. The molecule has 0 bridgehead atoms. The van der Waals surface area contributed by atoms with Crippen LogP contribution in [0.25, 0.3) is 0 Å². The Bertz CT molecular complexity index is 693. The van der Waals surface area contributed by atoms with Gasteiger partial charge in [0.05, 0.1) is 5.56 Å². The Morgan fingerprint density at radius 3 is 2.68 bits per heavy atom. The number of nitrogens with zero attached hydrogens (tertiary/aromatic N) is 1. The first-order valence-corrected chi connectivity index (χ1v) is 8.86. The molecule has 6 heteroatoms. The average Bonchev–Trinajstić information content (AvgIpc) is 2.61. The summed E-state index contributed by atoms with van der Waals surface area (Å²) in [6.45, 7) is 5.25. The number of hydrogen-bond donors (Lipinski definition) is 1. The highest BCUT2D eigenvalue weighted by molar-refractivity contribution is 5.96. The number of esters is 1. The van der Waals surface area contributed by atoms with Gasteiger partial charge in [0.15, 0.2) is 6.10 Å². The van der Waals surface area contributed by atoms with Crippen LogP contribution >= 0.6 is 0 Å². The summed E-state index contributed by atoms with van der Waals surface area (Å²) in [6, 6.07) is 5.06. The lowest BCUT2D eigenvalue weighted by molar-refractivity contribution is -0.141. The van der Waals surface area contributed by atoms with Gasteiger partial charge in [0, 0.05) is 25.2 Å². The van der Waals surface area contributed by atoms with Crippen molar-refractivity contribution in [1.29, 1.82) is 0 Å². The molecule has 1 N–H and O–H groups in total. The van der Waals surface area contributed by atoms with E-state index in [2.05, 4.69) is 12.2 Å². The SMILES string of the molecule is CC1CCN(C(=O)C(C)OC(=O)c2ccc3c(c2)CCC(=O)N3)CC1. The predicted octanol–water partition coefficient (Wildman–Crippen LogP) is 2.38. The highest BCUT2D eigenvalue weighted by Crippen LogP contribution is 2.24. The maximum Gasteiger partial charge on any atom is 0.338 e. The molecule has 0 radical (unpaired) electrons. The first-order chi connectivity index (χ1) is 11.9. The number of piperidine rings is 1. The standard InChI is InChI=1S/C19H24N2O4/c1-12-7-9-21(10-8-12)18(23)13(2)25-19(24)15-3-5-16-14(11-15)4-6-17(22)20-16/h3,5,11-13H,4,6-10H2,1-2H3,(H,20,22). The summed E-state index contributed by atoms with van der Waals surface area (Å²) >= 11 is 0. The topological polar surface area (TPSA) is 75.7 Å². The number of anilines is 1. The number of carbonyl (C=O) groups excluding carboxylic acids is 3. The molecule has 2 heterocycles. The van der Waals surface area contributed by atoms with Crippen LogP contribution in [0, 0.1) is 5.92 Å². The van der Waals surface area contributed by atoms with Crippen LogP contribution in [0.4, 0.5) is 5.69 Å². The van der Waals surface area contributed by atoms with Gasteiger partial charge < -0.3 is 15.0 Å². The van der Waals surface area contributed by atoms with E-state index < -0.39 is 12.1 Å². The van der Waals surface area contributed by atoms with Crippen molar-refractivity contribution in [2.24, 2.45) is 5.92 Å². The molecule has 0 aromatic heterocycles. The van der Waals surface area contributed by atoms with E-state index in [9.17, 15) is 14.4 Å². The third-order valence-electron chi connectivity index (χ3n) is 4.96. The fourth-order valence-electron chi connectivity index (χ4n) is 3.28. The second kappa shape index (κ2) is 7.25. The molecule has 0 aliphatic carbocycles. The fourth-order valence-corrected chi connectivity index (χ4v) is 3.28. The van der Waals surface area contributed by atoms with Gasteiger partial charge in [-0.3, -0.25) is 9.59 Å². The van der Waals surface area contributed by atoms with Crippen LogP contribution in [0.5, 0.6) is 0 Å². The number of hydrogen-bond acceptors (Lipinski definition) is 4. The van der Waals surface area contributed by atoms with E-state index in [-0.39, 0.29) is 11.8 Å². The molecule has 3 rings (SSSR count). The largest absolute Gasteiger partial charge is 0.449 e. The molecule has 0 saturated carbocycles. The number of benzene rings is 1. The molecule has 2 aliphatic heterocycles. The number of rotatable bonds is 3. The summed E-state index contributed by atoms with van der Waals surface area (Å²) in [5.74, 6) is -0.0211. The number of aryl methyl sites for hydroxylation is 1. The van der Waals surface area contributed by atoms with Crippen molar-refractivity contribution in [3.8, 4) is 0 Å². The number of fused-ring (bicyclic) bond motifs is 1. The van der Waals surface area contributed by atoms with Gasteiger partial charge >= 0.3 is 5.97 Å². The van der Waals surface area contributed by atoms with E-state index in [1.165, 1.54) is 0 Å². The lowest BCUT2D eigenvalue weighted by atomic mass is 9.99. The van der Waals surface area contributed by atoms with Gasteiger partial charge in [0.1, 0.15) is 0 Å². The Kier molecular flexibility index (Phi) is 5.06. The minimum Gasteiger partial charge on any atom is -0.449 e. The van der Waals surface area contributed by atoms with Crippen LogP contribution in [-0.4, -0.2) is 41.9 Å². The molecule has 1 aromatic rings. The van der Waals surface area contributed by atoms with Crippen LogP contribution in [0.2, 0.25) is 0 Å². The van der Waals surface area contributed by atoms with Gasteiger partial charge in [-0.05, 0) is 55.9 Å². The first-order valence-electron chi connectivity index (χ1n) is 8.86. The van der Waals surface area contributed by atoms with Crippen molar-refractivity contribution in [2.75, 3.05) is 18.4 Å². The maximum atomic E-state index is 12.4. The Balaban J connectivity index is 1.61. The second-order valence-corrected chi connectivity index (χ2v) is 6.98. The highest BCUT2D eigenvalue weighted by Gasteiger charge is 2.27. The molecular formula is C19H24N2O4. The van der Waals surface area contributed by atoms with Gasteiger partial charge in [0.2, 0.25) is 5.91 Å². The summed E-state index contributed by atoms with van der Waals surface area (Å²) in [6.07, 6.45) is 2.19. The first kappa shape index (κ1) is 17.5. The van der Waals surface area contributed by atoms with Gasteiger partial charge in [0.25, 0.3) is 5.91 Å². The van der Waals surface area contributed by atoms with E-state index in [1.807, 2.05) is 0 Å². The normalized spacial score (nSPS) is 19.0. The van der Waals surface area contributed by atoms with Crippen LogP contribution in [0.1, 0.15) is 49.0 Å². The summed E-state index contributed by atoms with van der Waals surface area (Å²) in [5, 5.41) is 2.78. The Morgan fingerprint density at radius 2 is 1.96 bits per heavy atom. The number of carbonyl (C=O) groups is 3. The molecule has 2 aliphatic rings. The second-order valence-electron chi connectivity index (χ2n) is 6.98. The number of amides is 2. The van der Waals surface area contributed by atoms with Crippen LogP contribution in [0.3, 0.4) is 0 Å². The number of likely N-dealkylation sites (tertiary alicyclic amines) is 1. The highest BCUT2D eigenvalue weighted by atomic mass is 16.5. The van der Waals surface area contributed by atoms with Gasteiger partial charge in [-0.15, -0.1) is 0 Å². The van der Waals surface area contributed by atoms with Crippen molar-refractivity contribution < 1.29 is 19.1 Å². The molecule has 1 aromatic carbocycles. The van der Waals surface area contributed by atoms with Crippen molar-refractivity contribution in [2.45, 2.75) is 45.6 Å². The van der Waals surface area contributed by atoms with Crippen molar-refractivity contribution >= 4 is 23.5 Å². The molecule has 1 atom stereocenters. The molecule has 2 amide bonds. The summed E-state index contributed by atoms with van der Waals surface area (Å²) in [4.78, 5) is 38.0. The molecule has 1 saturated heterocycles. The molecule has 6 nitrogen and oxygen atoms in total. The predicted molar refractivity (Wildman–Crippen MR) is 93.2 cm³/mol. The van der Waals surface area contributed by atoms with Gasteiger partial charge in [-0.1, -0.05) is 6.92 Å². The number of nitrogens with one attached hydrogen (secondary N) is 1. The van der Waals surface area contributed by atoms with Crippen molar-refractivity contribution in [1.82, 2.24) is 4.90 Å². The molecule has 1 fully saturated rings. The zero-order chi connectivity index (χ0) is 18.0. The lowest BCUT2D eigenvalue weighted by Crippen LogP contribution is -2.44. The Hall–Kier alpha value is -2.37.